The van der Waals surface area contributed by atoms with E-state index < -0.39 is 0 Å². The summed E-state index contributed by atoms with van der Waals surface area (Å²) in [6, 6.07) is 18.0. The summed E-state index contributed by atoms with van der Waals surface area (Å²) in [6.07, 6.45) is 0.802. The highest BCUT2D eigenvalue weighted by atomic mass is 32.2. The van der Waals surface area contributed by atoms with Crippen molar-refractivity contribution in [3.05, 3.63) is 65.2 Å². The number of hydrogen-bond acceptors (Lipinski definition) is 3. The molecule has 1 unspecified atom stereocenters. The fourth-order valence-electron chi connectivity index (χ4n) is 2.90. The lowest BCUT2D eigenvalue weighted by Gasteiger charge is -2.29. The van der Waals surface area contributed by atoms with Crippen LogP contribution in [0.2, 0.25) is 0 Å². The van der Waals surface area contributed by atoms with Crippen LogP contribution in [0.15, 0.2) is 53.4 Å². The second kappa shape index (κ2) is 7.11. The smallest absolute Gasteiger partial charge is 0.236 e. The van der Waals surface area contributed by atoms with Gasteiger partial charge in [-0.1, -0.05) is 30.3 Å². The van der Waals surface area contributed by atoms with Crippen molar-refractivity contribution in [3.63, 3.8) is 0 Å². The first-order chi connectivity index (χ1) is 11.6. The van der Waals surface area contributed by atoms with E-state index in [4.69, 9.17) is 5.26 Å². The maximum atomic E-state index is 13.0. The number of amides is 1. The summed E-state index contributed by atoms with van der Waals surface area (Å²) in [5.74, 6) is 0.190. The van der Waals surface area contributed by atoms with Crippen LogP contribution in [0.4, 0.5) is 0 Å². The van der Waals surface area contributed by atoms with Gasteiger partial charge in [-0.2, -0.15) is 5.26 Å². The molecule has 1 aliphatic rings. The number of fused-ring (bicyclic) bond motifs is 1. The lowest BCUT2D eigenvalue weighted by molar-refractivity contribution is -0.132. The zero-order valence-electron chi connectivity index (χ0n) is 13.9. The Hall–Kier alpha value is -2.25. The predicted octanol–water partition coefficient (Wildman–Crippen LogP) is 4.01. The van der Waals surface area contributed by atoms with E-state index in [2.05, 4.69) is 18.2 Å². The van der Waals surface area contributed by atoms with Gasteiger partial charge >= 0.3 is 0 Å². The molecule has 122 valence electrons. The van der Waals surface area contributed by atoms with Crippen LogP contribution in [0.5, 0.6) is 0 Å². The molecule has 0 radical (unpaired) electrons. The second-order valence-electron chi connectivity index (χ2n) is 6.29. The minimum absolute atomic E-state index is 0.0387. The molecule has 1 atom stereocenters. The van der Waals surface area contributed by atoms with Crippen molar-refractivity contribution in [1.29, 1.82) is 5.26 Å². The van der Waals surface area contributed by atoms with Crippen molar-refractivity contribution in [2.75, 3.05) is 0 Å². The van der Waals surface area contributed by atoms with E-state index in [0.717, 1.165) is 12.0 Å². The van der Waals surface area contributed by atoms with Gasteiger partial charge in [0.15, 0.2) is 0 Å². The number of hydrogen-bond donors (Lipinski definition) is 0. The number of benzene rings is 2. The van der Waals surface area contributed by atoms with Gasteiger partial charge < -0.3 is 4.90 Å². The zero-order valence-corrected chi connectivity index (χ0v) is 14.7. The molecule has 2 aromatic carbocycles. The predicted molar refractivity (Wildman–Crippen MR) is 96.6 cm³/mol. The number of nitrogens with zero attached hydrogens (tertiary/aromatic N) is 2. The third-order valence-electron chi connectivity index (χ3n) is 4.26. The van der Waals surface area contributed by atoms with Gasteiger partial charge in [0.05, 0.1) is 16.9 Å². The maximum absolute atomic E-state index is 13.0. The van der Waals surface area contributed by atoms with Crippen molar-refractivity contribution < 1.29 is 4.79 Å². The Morgan fingerprint density at radius 3 is 2.58 bits per heavy atom. The zero-order chi connectivity index (χ0) is 17.1. The Balaban J connectivity index is 1.74. The van der Waals surface area contributed by atoms with Crippen LogP contribution in [0.25, 0.3) is 0 Å². The summed E-state index contributed by atoms with van der Waals surface area (Å²) in [5, 5.41) is 8.86. The van der Waals surface area contributed by atoms with Crippen molar-refractivity contribution in [3.8, 4) is 6.07 Å². The number of carbonyl (C=O) groups excluding carboxylic acids is 1. The number of nitriles is 1. The van der Waals surface area contributed by atoms with Crippen LogP contribution in [-0.2, 0) is 17.8 Å². The minimum Gasteiger partial charge on any atom is -0.335 e. The first kappa shape index (κ1) is 16.6. The number of thioether (sulfide) groups is 1. The van der Waals surface area contributed by atoms with Gasteiger partial charge in [0.2, 0.25) is 5.91 Å². The molecule has 1 heterocycles. The molecule has 0 spiro atoms. The summed E-state index contributed by atoms with van der Waals surface area (Å²) in [6.45, 7) is 4.68. The van der Waals surface area contributed by atoms with Crippen molar-refractivity contribution >= 4 is 17.7 Å². The molecule has 0 fully saturated rings. The second-order valence-corrected chi connectivity index (χ2v) is 7.53. The first-order valence-corrected chi connectivity index (χ1v) is 9.00. The van der Waals surface area contributed by atoms with E-state index in [9.17, 15) is 4.79 Å². The normalized spacial score (nSPS) is 15.8. The molecule has 4 heteroatoms. The van der Waals surface area contributed by atoms with E-state index in [1.54, 1.807) is 23.9 Å². The van der Waals surface area contributed by atoms with Gasteiger partial charge in [0, 0.05) is 17.5 Å². The average Bonchev–Trinajstić information content (AvgIpc) is 3.03. The highest BCUT2D eigenvalue weighted by Crippen LogP contribution is 2.38. The van der Waals surface area contributed by atoms with E-state index in [1.165, 1.54) is 10.5 Å². The number of rotatable bonds is 4. The standard InChI is InChI=1S/C20H20N2OS/c1-14(2)22(13-16-9-7-15(12-21)8-10-16)20(23)19-11-17-5-3-4-6-18(17)24-19/h3-10,14,19H,11,13H2,1-2H3. The van der Waals surface area contributed by atoms with Crippen LogP contribution in [-0.4, -0.2) is 22.1 Å². The lowest BCUT2D eigenvalue weighted by atomic mass is 10.1. The molecule has 2 aromatic rings. The van der Waals surface area contributed by atoms with Gasteiger partial charge in [0.25, 0.3) is 0 Å². The van der Waals surface area contributed by atoms with Crippen molar-refractivity contribution in [1.82, 2.24) is 4.90 Å². The number of carbonyl (C=O) groups is 1. The molecule has 3 rings (SSSR count). The molecular weight excluding hydrogens is 316 g/mol. The van der Waals surface area contributed by atoms with Crippen LogP contribution in [0, 0.1) is 11.3 Å². The Morgan fingerprint density at radius 1 is 1.25 bits per heavy atom. The highest BCUT2D eigenvalue weighted by molar-refractivity contribution is 8.01. The molecule has 0 aromatic heterocycles. The Bertz CT molecular complexity index is 752. The Morgan fingerprint density at radius 2 is 1.96 bits per heavy atom. The minimum atomic E-state index is -0.0387. The molecule has 0 N–H and O–H groups in total. The van der Waals surface area contributed by atoms with Crippen LogP contribution in [0.1, 0.15) is 30.5 Å². The van der Waals surface area contributed by atoms with Crippen LogP contribution >= 0.6 is 11.8 Å². The topological polar surface area (TPSA) is 44.1 Å². The van der Waals surface area contributed by atoms with E-state index in [-0.39, 0.29) is 17.2 Å². The molecule has 0 saturated heterocycles. The van der Waals surface area contributed by atoms with Crippen LogP contribution < -0.4 is 0 Å². The summed E-state index contributed by atoms with van der Waals surface area (Å²) < 4.78 is 0. The van der Waals surface area contributed by atoms with Gasteiger partial charge in [-0.3, -0.25) is 4.79 Å². The Labute approximate surface area is 147 Å². The molecule has 24 heavy (non-hydrogen) atoms. The summed E-state index contributed by atoms with van der Waals surface area (Å²) >= 11 is 1.67. The molecule has 0 aliphatic carbocycles. The fourth-order valence-corrected chi connectivity index (χ4v) is 4.17. The van der Waals surface area contributed by atoms with Crippen molar-refractivity contribution in [2.24, 2.45) is 0 Å². The molecule has 0 saturated carbocycles. The molecule has 3 nitrogen and oxygen atoms in total. The van der Waals surface area contributed by atoms with E-state index in [0.29, 0.717) is 12.1 Å². The summed E-state index contributed by atoms with van der Waals surface area (Å²) in [7, 11) is 0. The third-order valence-corrected chi connectivity index (χ3v) is 5.57. The Kier molecular flexibility index (Phi) is 4.92. The first-order valence-electron chi connectivity index (χ1n) is 8.12. The highest BCUT2D eigenvalue weighted by Gasteiger charge is 2.32. The average molecular weight is 336 g/mol. The molecule has 0 bridgehead atoms. The summed E-state index contributed by atoms with van der Waals surface area (Å²) in [5.41, 5.74) is 2.96. The van der Waals surface area contributed by atoms with Gasteiger partial charge in [0.1, 0.15) is 0 Å². The van der Waals surface area contributed by atoms with Gasteiger partial charge in [-0.25, -0.2) is 0 Å². The summed E-state index contributed by atoms with van der Waals surface area (Å²) in [4.78, 5) is 16.2. The molecular formula is C20H20N2OS. The maximum Gasteiger partial charge on any atom is 0.236 e. The fraction of sp³-hybridized carbons (Fsp3) is 0.300. The SMILES string of the molecule is CC(C)N(Cc1ccc(C#N)cc1)C(=O)C1Cc2ccccc2S1. The molecule has 1 amide bonds. The van der Waals surface area contributed by atoms with Gasteiger partial charge in [-0.05, 0) is 49.6 Å². The molecule has 1 aliphatic heterocycles. The van der Waals surface area contributed by atoms with E-state index in [1.807, 2.05) is 43.0 Å². The quantitative estimate of drug-likeness (QED) is 0.847. The lowest BCUT2D eigenvalue weighted by Crippen LogP contribution is -2.41. The van der Waals surface area contributed by atoms with E-state index >= 15 is 0 Å². The van der Waals surface area contributed by atoms with Crippen LogP contribution in [0.3, 0.4) is 0 Å². The third kappa shape index (κ3) is 3.47. The van der Waals surface area contributed by atoms with Gasteiger partial charge in [-0.15, -0.1) is 11.8 Å². The monoisotopic (exact) mass is 336 g/mol. The largest absolute Gasteiger partial charge is 0.335 e. The van der Waals surface area contributed by atoms with Crippen molar-refractivity contribution in [2.45, 2.75) is 43.0 Å².